The number of thioether (sulfide) groups is 1. The van der Waals surface area contributed by atoms with Crippen LogP contribution < -0.4 is 4.90 Å². The van der Waals surface area contributed by atoms with Crippen molar-refractivity contribution < 1.29 is 9.72 Å². The third-order valence-electron chi connectivity index (χ3n) is 3.72. The molecule has 0 aromatic heterocycles. The number of carbonyl (C=O) groups is 1. The zero-order chi connectivity index (χ0) is 17.1. The Morgan fingerprint density at radius 2 is 2.00 bits per heavy atom. The van der Waals surface area contributed by atoms with E-state index >= 15 is 0 Å². The molecule has 0 unspecified atom stereocenters. The first-order valence-corrected chi connectivity index (χ1v) is 8.69. The first-order valence-electron chi connectivity index (χ1n) is 7.30. The van der Waals surface area contributed by atoms with E-state index in [2.05, 4.69) is 4.99 Å². The van der Waals surface area contributed by atoms with Gasteiger partial charge in [-0.1, -0.05) is 30.3 Å². The Labute approximate surface area is 143 Å². The molecular weight excluding hydrogens is 326 g/mol. The molecule has 0 fully saturated rings. The molecule has 0 bridgehead atoms. The highest BCUT2D eigenvalue weighted by Gasteiger charge is 2.26. The first kappa shape index (κ1) is 16.2. The van der Waals surface area contributed by atoms with E-state index in [1.165, 1.54) is 23.9 Å². The summed E-state index contributed by atoms with van der Waals surface area (Å²) in [6.07, 6.45) is 1.90. The van der Waals surface area contributed by atoms with Gasteiger partial charge in [-0.15, -0.1) is 11.8 Å². The lowest BCUT2D eigenvalue weighted by molar-refractivity contribution is -0.384. The normalized spacial score (nSPS) is 14.0. The monoisotopic (exact) mass is 341 g/mol. The number of non-ortho nitro benzene ring substituents is 1. The Balaban J connectivity index is 2.21. The van der Waals surface area contributed by atoms with Crippen LogP contribution in [-0.2, 0) is 4.79 Å². The SMILES string of the molecule is CSCN1C(=O)CN=C(c2ccccc2)c2cc([N+](=O)[O-])ccc21. The summed E-state index contributed by atoms with van der Waals surface area (Å²) in [6, 6.07) is 14.0. The van der Waals surface area contributed by atoms with Gasteiger partial charge in [0.1, 0.15) is 6.54 Å². The molecule has 0 saturated heterocycles. The van der Waals surface area contributed by atoms with Gasteiger partial charge < -0.3 is 4.90 Å². The van der Waals surface area contributed by atoms with Gasteiger partial charge in [0.2, 0.25) is 5.91 Å². The van der Waals surface area contributed by atoms with Gasteiger partial charge in [0.15, 0.2) is 0 Å². The van der Waals surface area contributed by atoms with Crippen LogP contribution in [-0.4, -0.2) is 35.2 Å². The number of fused-ring (bicyclic) bond motifs is 1. The second-order valence-corrected chi connectivity index (χ2v) is 6.06. The molecule has 0 atom stereocenters. The molecule has 0 spiro atoms. The molecule has 2 aromatic rings. The smallest absolute Gasteiger partial charge is 0.270 e. The van der Waals surface area contributed by atoms with Crippen molar-refractivity contribution in [2.45, 2.75) is 0 Å². The van der Waals surface area contributed by atoms with Gasteiger partial charge in [0.25, 0.3) is 5.69 Å². The molecule has 24 heavy (non-hydrogen) atoms. The van der Waals surface area contributed by atoms with Crippen molar-refractivity contribution in [2.75, 3.05) is 23.6 Å². The Morgan fingerprint density at radius 3 is 2.67 bits per heavy atom. The van der Waals surface area contributed by atoms with Crippen LogP contribution in [0.1, 0.15) is 11.1 Å². The summed E-state index contributed by atoms with van der Waals surface area (Å²) in [5.41, 5.74) is 2.68. The molecule has 1 amide bonds. The Morgan fingerprint density at radius 1 is 1.25 bits per heavy atom. The van der Waals surface area contributed by atoms with Crippen LogP contribution in [0.3, 0.4) is 0 Å². The number of aliphatic imine (C=N–C) groups is 1. The van der Waals surface area contributed by atoms with Gasteiger partial charge in [-0.3, -0.25) is 19.9 Å². The summed E-state index contributed by atoms with van der Waals surface area (Å²) in [6.45, 7) is 0.0211. The minimum Gasteiger partial charge on any atom is -0.300 e. The number of hydrogen-bond acceptors (Lipinski definition) is 5. The number of nitrogens with zero attached hydrogens (tertiary/aromatic N) is 3. The van der Waals surface area contributed by atoms with Crippen molar-refractivity contribution in [3.8, 4) is 0 Å². The average molecular weight is 341 g/mol. The molecule has 1 aliphatic heterocycles. The number of nitro benzene ring substituents is 1. The van der Waals surface area contributed by atoms with E-state index in [-0.39, 0.29) is 18.1 Å². The fourth-order valence-electron chi connectivity index (χ4n) is 2.63. The van der Waals surface area contributed by atoms with Gasteiger partial charge in [0, 0.05) is 23.3 Å². The molecule has 7 heteroatoms. The molecule has 0 saturated carbocycles. The standard InChI is InChI=1S/C17H15N3O3S/c1-24-11-19-15-8-7-13(20(22)23)9-14(15)17(18-10-16(19)21)12-5-3-2-4-6-12/h2-9H,10-11H2,1H3. The number of rotatable bonds is 4. The summed E-state index contributed by atoms with van der Waals surface area (Å²) in [7, 11) is 0. The van der Waals surface area contributed by atoms with E-state index in [1.807, 2.05) is 36.6 Å². The topological polar surface area (TPSA) is 75.8 Å². The molecule has 1 heterocycles. The molecule has 2 aromatic carbocycles. The number of amides is 1. The second-order valence-electron chi connectivity index (χ2n) is 5.23. The van der Waals surface area contributed by atoms with Crippen LogP contribution in [0.15, 0.2) is 53.5 Å². The lowest BCUT2D eigenvalue weighted by Crippen LogP contribution is -2.32. The van der Waals surface area contributed by atoms with E-state index in [0.29, 0.717) is 22.8 Å². The number of hydrogen-bond donors (Lipinski definition) is 0. The maximum atomic E-state index is 12.4. The van der Waals surface area contributed by atoms with Crippen molar-refractivity contribution in [1.82, 2.24) is 0 Å². The highest BCUT2D eigenvalue weighted by Crippen LogP contribution is 2.31. The van der Waals surface area contributed by atoms with Gasteiger partial charge >= 0.3 is 0 Å². The van der Waals surface area contributed by atoms with Gasteiger partial charge in [-0.25, -0.2) is 0 Å². The zero-order valence-corrected chi connectivity index (χ0v) is 13.8. The van der Waals surface area contributed by atoms with Gasteiger partial charge in [-0.2, -0.15) is 0 Å². The Bertz CT molecular complexity index is 821. The van der Waals surface area contributed by atoms with Gasteiger partial charge in [0.05, 0.1) is 22.2 Å². The second kappa shape index (κ2) is 6.84. The molecule has 122 valence electrons. The number of benzene rings is 2. The van der Waals surface area contributed by atoms with Crippen molar-refractivity contribution in [3.05, 3.63) is 69.8 Å². The molecule has 3 rings (SSSR count). The molecule has 0 radical (unpaired) electrons. The number of anilines is 1. The highest BCUT2D eigenvalue weighted by atomic mass is 32.2. The van der Waals surface area contributed by atoms with E-state index in [0.717, 1.165) is 5.56 Å². The fourth-order valence-corrected chi connectivity index (χ4v) is 3.17. The summed E-state index contributed by atoms with van der Waals surface area (Å²) in [5.74, 6) is 0.353. The van der Waals surface area contributed by atoms with Crippen LogP contribution in [0.2, 0.25) is 0 Å². The van der Waals surface area contributed by atoms with Crippen LogP contribution >= 0.6 is 11.8 Å². The fraction of sp³-hybridized carbons (Fsp3) is 0.176. The van der Waals surface area contributed by atoms with Crippen molar-refractivity contribution in [2.24, 2.45) is 4.99 Å². The third kappa shape index (κ3) is 3.03. The molecular formula is C17H15N3O3S. The molecule has 0 N–H and O–H groups in total. The summed E-state index contributed by atoms with van der Waals surface area (Å²) in [4.78, 5) is 29.2. The van der Waals surface area contributed by atoms with Crippen LogP contribution in [0.4, 0.5) is 11.4 Å². The third-order valence-corrected chi connectivity index (χ3v) is 4.23. The van der Waals surface area contributed by atoms with E-state index in [4.69, 9.17) is 0 Å². The minimum atomic E-state index is -0.436. The Kier molecular flexibility index (Phi) is 4.61. The van der Waals surface area contributed by atoms with Gasteiger partial charge in [-0.05, 0) is 12.3 Å². The van der Waals surface area contributed by atoms with Crippen molar-refractivity contribution in [3.63, 3.8) is 0 Å². The van der Waals surface area contributed by atoms with E-state index in [9.17, 15) is 14.9 Å². The van der Waals surface area contributed by atoms with Crippen LogP contribution in [0.5, 0.6) is 0 Å². The Hall–Kier alpha value is -2.67. The quantitative estimate of drug-likeness (QED) is 0.632. The number of carbonyl (C=O) groups excluding carboxylic acids is 1. The zero-order valence-electron chi connectivity index (χ0n) is 13.0. The van der Waals surface area contributed by atoms with Crippen LogP contribution in [0.25, 0.3) is 0 Å². The summed E-state index contributed by atoms with van der Waals surface area (Å²) in [5, 5.41) is 11.2. The summed E-state index contributed by atoms with van der Waals surface area (Å²) >= 11 is 1.51. The average Bonchev–Trinajstić information content (AvgIpc) is 2.73. The van der Waals surface area contributed by atoms with Crippen LogP contribution in [0, 0.1) is 10.1 Å². The molecule has 6 nitrogen and oxygen atoms in total. The molecule has 1 aliphatic rings. The van der Waals surface area contributed by atoms with E-state index in [1.54, 1.807) is 11.0 Å². The lowest BCUT2D eigenvalue weighted by atomic mass is 9.99. The van der Waals surface area contributed by atoms with Crippen molar-refractivity contribution >= 4 is 34.8 Å². The number of nitro groups is 1. The highest BCUT2D eigenvalue weighted by molar-refractivity contribution is 7.98. The predicted octanol–water partition coefficient (Wildman–Crippen LogP) is 3.10. The largest absolute Gasteiger partial charge is 0.300 e. The lowest BCUT2D eigenvalue weighted by Gasteiger charge is -2.21. The minimum absolute atomic E-state index is 0.0177. The summed E-state index contributed by atoms with van der Waals surface area (Å²) < 4.78 is 0. The maximum Gasteiger partial charge on any atom is 0.270 e. The van der Waals surface area contributed by atoms with E-state index < -0.39 is 4.92 Å². The number of benzodiazepines with no additional fused rings is 1. The maximum absolute atomic E-state index is 12.4. The predicted molar refractivity (Wildman–Crippen MR) is 95.9 cm³/mol. The first-order chi connectivity index (χ1) is 11.6. The van der Waals surface area contributed by atoms with Crippen molar-refractivity contribution in [1.29, 1.82) is 0 Å². The molecule has 0 aliphatic carbocycles.